The molecule has 0 spiro atoms. The maximum absolute atomic E-state index is 10.9. The van der Waals surface area contributed by atoms with Gasteiger partial charge in [0.2, 0.25) is 5.88 Å². The molecule has 6 heteroatoms. The molecule has 0 aliphatic carbocycles. The number of anilines is 1. The van der Waals surface area contributed by atoms with Crippen LogP contribution in [-0.2, 0) is 4.74 Å². The molecule has 1 aromatic heterocycles. The Morgan fingerprint density at radius 2 is 2.29 bits per heavy atom. The molecule has 0 bridgehead atoms. The Hall–Kier alpha value is -1.14. The van der Waals surface area contributed by atoms with Crippen LogP contribution in [0.3, 0.4) is 0 Å². The van der Waals surface area contributed by atoms with Gasteiger partial charge in [-0.2, -0.15) is 4.98 Å². The van der Waals surface area contributed by atoms with Crippen LogP contribution in [0.5, 0.6) is 5.88 Å². The summed E-state index contributed by atoms with van der Waals surface area (Å²) in [6.45, 7) is 5.67. The number of hydrogen-bond donors (Lipinski definition) is 0. The van der Waals surface area contributed by atoms with Crippen molar-refractivity contribution in [2.75, 3.05) is 37.8 Å². The van der Waals surface area contributed by atoms with Gasteiger partial charge in [0.1, 0.15) is 4.88 Å². The summed E-state index contributed by atoms with van der Waals surface area (Å²) in [5, 5.41) is 0.849. The Balaban J connectivity index is 2.11. The highest BCUT2D eigenvalue weighted by molar-refractivity contribution is 7.17. The second-order valence-corrected chi connectivity index (χ2v) is 4.74. The smallest absolute Gasteiger partial charge is 0.237 e. The Kier molecular flexibility index (Phi) is 4.33. The van der Waals surface area contributed by atoms with Gasteiger partial charge in [-0.1, -0.05) is 18.3 Å². The maximum Gasteiger partial charge on any atom is 0.237 e. The van der Waals surface area contributed by atoms with Crippen LogP contribution in [0.4, 0.5) is 5.13 Å². The third-order valence-corrected chi connectivity index (χ3v) is 3.46. The highest BCUT2D eigenvalue weighted by Gasteiger charge is 2.18. The number of rotatable bonds is 5. The normalized spacial score (nSPS) is 15.9. The van der Waals surface area contributed by atoms with Gasteiger partial charge in [0.15, 0.2) is 11.4 Å². The van der Waals surface area contributed by atoms with E-state index in [-0.39, 0.29) is 0 Å². The molecule has 0 saturated carbocycles. The number of nitrogens with zero attached hydrogens (tertiary/aromatic N) is 2. The van der Waals surface area contributed by atoms with Crippen molar-refractivity contribution in [3.05, 3.63) is 4.88 Å². The first kappa shape index (κ1) is 12.3. The van der Waals surface area contributed by atoms with Crippen molar-refractivity contribution < 1.29 is 14.3 Å². The van der Waals surface area contributed by atoms with Crippen molar-refractivity contribution in [1.82, 2.24) is 4.98 Å². The van der Waals surface area contributed by atoms with Gasteiger partial charge in [-0.3, -0.25) is 4.79 Å². The minimum absolute atomic E-state index is 0.466. The minimum Gasteiger partial charge on any atom is -0.477 e. The molecule has 2 rings (SSSR count). The first-order valence-electron chi connectivity index (χ1n) is 5.76. The summed E-state index contributed by atoms with van der Waals surface area (Å²) < 4.78 is 10.7. The second-order valence-electron chi connectivity index (χ2n) is 3.73. The molecular weight excluding hydrogens is 240 g/mol. The lowest BCUT2D eigenvalue weighted by Crippen LogP contribution is -2.36. The number of ether oxygens (including phenoxy) is 2. The lowest BCUT2D eigenvalue weighted by atomic mass is 10.5. The highest BCUT2D eigenvalue weighted by Crippen LogP contribution is 2.30. The molecule has 0 atom stereocenters. The monoisotopic (exact) mass is 256 g/mol. The Labute approximate surface area is 104 Å². The first-order chi connectivity index (χ1) is 8.35. The average Bonchev–Trinajstić information content (AvgIpc) is 2.80. The fraction of sp³-hybridized carbons (Fsp3) is 0.636. The van der Waals surface area contributed by atoms with E-state index in [0.717, 1.165) is 30.9 Å². The van der Waals surface area contributed by atoms with Crippen molar-refractivity contribution >= 4 is 22.8 Å². The molecular formula is C11H16N2O3S. The van der Waals surface area contributed by atoms with Crippen molar-refractivity contribution in [3.8, 4) is 5.88 Å². The number of carbonyl (C=O) groups excluding carboxylic acids is 1. The van der Waals surface area contributed by atoms with Crippen LogP contribution in [0, 0.1) is 0 Å². The predicted octanol–water partition coefficient (Wildman–Crippen LogP) is 1.58. The number of hydrogen-bond acceptors (Lipinski definition) is 6. The third kappa shape index (κ3) is 2.95. The van der Waals surface area contributed by atoms with Crippen LogP contribution in [0.2, 0.25) is 0 Å². The molecule has 1 fully saturated rings. The van der Waals surface area contributed by atoms with Gasteiger partial charge >= 0.3 is 0 Å². The number of aldehydes is 1. The van der Waals surface area contributed by atoms with E-state index in [2.05, 4.69) is 9.88 Å². The maximum atomic E-state index is 10.9. The van der Waals surface area contributed by atoms with Crippen molar-refractivity contribution in [1.29, 1.82) is 0 Å². The molecule has 17 heavy (non-hydrogen) atoms. The van der Waals surface area contributed by atoms with E-state index in [9.17, 15) is 4.79 Å². The van der Waals surface area contributed by atoms with E-state index in [1.54, 1.807) is 0 Å². The van der Waals surface area contributed by atoms with Crippen molar-refractivity contribution in [2.45, 2.75) is 13.3 Å². The molecule has 0 amide bonds. The van der Waals surface area contributed by atoms with Crippen LogP contribution in [0.25, 0.3) is 0 Å². The summed E-state index contributed by atoms with van der Waals surface area (Å²) >= 11 is 1.38. The van der Waals surface area contributed by atoms with E-state index >= 15 is 0 Å². The van der Waals surface area contributed by atoms with Gasteiger partial charge in [-0.15, -0.1) is 0 Å². The summed E-state index contributed by atoms with van der Waals surface area (Å²) in [5.41, 5.74) is 0. The molecule has 2 heterocycles. The van der Waals surface area contributed by atoms with E-state index in [1.165, 1.54) is 11.3 Å². The van der Waals surface area contributed by atoms with Crippen LogP contribution in [-0.4, -0.2) is 44.2 Å². The van der Waals surface area contributed by atoms with Gasteiger partial charge in [0.05, 0.1) is 19.8 Å². The standard InChI is InChI=1S/C11H16N2O3S/c1-2-5-16-10-9(8-14)17-11(12-10)13-3-6-15-7-4-13/h8H,2-7H2,1H3. The molecule has 1 aliphatic heterocycles. The van der Waals surface area contributed by atoms with Crippen LogP contribution in [0.15, 0.2) is 0 Å². The number of morpholine rings is 1. The van der Waals surface area contributed by atoms with Gasteiger partial charge < -0.3 is 14.4 Å². The van der Waals surface area contributed by atoms with Crippen molar-refractivity contribution in [3.63, 3.8) is 0 Å². The molecule has 5 nitrogen and oxygen atoms in total. The highest BCUT2D eigenvalue weighted by atomic mass is 32.1. The summed E-state index contributed by atoms with van der Waals surface area (Å²) in [6, 6.07) is 0. The SMILES string of the molecule is CCCOc1nc(N2CCOCC2)sc1C=O. The molecule has 0 N–H and O–H groups in total. The predicted molar refractivity (Wildman–Crippen MR) is 66.3 cm³/mol. The van der Waals surface area contributed by atoms with E-state index in [1.807, 2.05) is 6.92 Å². The Bertz CT molecular complexity index is 375. The Morgan fingerprint density at radius 3 is 2.94 bits per heavy atom. The van der Waals surface area contributed by atoms with Gasteiger partial charge in [0, 0.05) is 13.1 Å². The second kappa shape index (κ2) is 5.97. The first-order valence-corrected chi connectivity index (χ1v) is 6.58. The number of carbonyl (C=O) groups is 1. The van der Waals surface area contributed by atoms with Crippen LogP contribution >= 0.6 is 11.3 Å². The zero-order valence-electron chi connectivity index (χ0n) is 9.85. The molecule has 0 unspecified atom stereocenters. The fourth-order valence-electron chi connectivity index (χ4n) is 1.57. The van der Waals surface area contributed by atoms with E-state index in [4.69, 9.17) is 9.47 Å². The molecule has 0 radical (unpaired) electrons. The topological polar surface area (TPSA) is 51.7 Å². The third-order valence-electron chi connectivity index (χ3n) is 2.44. The molecule has 1 aliphatic rings. The number of thiazole rings is 1. The van der Waals surface area contributed by atoms with Gasteiger partial charge in [0.25, 0.3) is 0 Å². The fourth-order valence-corrected chi connectivity index (χ4v) is 2.45. The Morgan fingerprint density at radius 1 is 1.53 bits per heavy atom. The zero-order chi connectivity index (χ0) is 12.1. The van der Waals surface area contributed by atoms with Crippen molar-refractivity contribution in [2.24, 2.45) is 0 Å². The largest absolute Gasteiger partial charge is 0.477 e. The van der Waals surface area contributed by atoms with E-state index in [0.29, 0.717) is 30.6 Å². The lowest BCUT2D eigenvalue weighted by Gasteiger charge is -2.25. The zero-order valence-corrected chi connectivity index (χ0v) is 10.7. The van der Waals surface area contributed by atoms with Crippen LogP contribution in [0.1, 0.15) is 23.0 Å². The van der Waals surface area contributed by atoms with Gasteiger partial charge in [-0.25, -0.2) is 0 Å². The number of aromatic nitrogens is 1. The molecule has 94 valence electrons. The molecule has 0 aromatic carbocycles. The molecule has 1 aromatic rings. The molecule has 1 saturated heterocycles. The summed E-state index contributed by atoms with van der Waals surface area (Å²) in [4.78, 5) is 18.0. The quantitative estimate of drug-likeness (QED) is 0.749. The lowest BCUT2D eigenvalue weighted by molar-refractivity contribution is 0.112. The summed E-state index contributed by atoms with van der Waals surface area (Å²) in [7, 11) is 0. The minimum atomic E-state index is 0.466. The summed E-state index contributed by atoms with van der Waals surface area (Å²) in [6.07, 6.45) is 1.72. The van der Waals surface area contributed by atoms with E-state index < -0.39 is 0 Å². The summed E-state index contributed by atoms with van der Waals surface area (Å²) in [5.74, 6) is 0.466. The average molecular weight is 256 g/mol. The van der Waals surface area contributed by atoms with Crippen LogP contribution < -0.4 is 9.64 Å². The van der Waals surface area contributed by atoms with Gasteiger partial charge in [-0.05, 0) is 6.42 Å².